The zero-order chi connectivity index (χ0) is 14.5. The third-order valence-corrected chi connectivity index (χ3v) is 3.95. The zero-order valence-corrected chi connectivity index (χ0v) is 11.9. The van der Waals surface area contributed by atoms with Crippen molar-refractivity contribution in [1.82, 2.24) is 15.2 Å². The Kier molecular flexibility index (Phi) is 4.57. The van der Waals surface area contributed by atoms with Gasteiger partial charge in [0.05, 0.1) is 5.69 Å². The maximum Gasteiger partial charge on any atom is 0.150 e. The molecule has 0 atom stereocenters. The van der Waals surface area contributed by atoms with Gasteiger partial charge in [-0.2, -0.15) is 0 Å². The van der Waals surface area contributed by atoms with Crippen LogP contribution in [0.25, 0.3) is 11.3 Å². The summed E-state index contributed by atoms with van der Waals surface area (Å²) in [4.78, 5) is 26.7. The quantitative estimate of drug-likeness (QED) is 0.620. The van der Waals surface area contributed by atoms with Gasteiger partial charge in [-0.1, -0.05) is 11.8 Å². The fourth-order valence-electron chi connectivity index (χ4n) is 1.63. The topological polar surface area (TPSA) is 72.8 Å². The second-order valence-electron chi connectivity index (χ2n) is 4.21. The van der Waals surface area contributed by atoms with E-state index in [1.54, 1.807) is 18.5 Å². The van der Waals surface area contributed by atoms with E-state index < -0.39 is 5.25 Å². The lowest BCUT2D eigenvalue weighted by atomic mass is 10.2. The lowest BCUT2D eigenvalue weighted by molar-refractivity contribution is -0.123. The highest BCUT2D eigenvalue weighted by Crippen LogP contribution is 2.24. The third kappa shape index (κ3) is 3.48. The van der Waals surface area contributed by atoms with Crippen molar-refractivity contribution in [2.45, 2.75) is 24.1 Å². The molecule has 0 saturated carbocycles. The van der Waals surface area contributed by atoms with Crippen LogP contribution in [0, 0.1) is 0 Å². The van der Waals surface area contributed by atoms with Gasteiger partial charge >= 0.3 is 0 Å². The predicted octanol–water partition coefficient (Wildman–Crippen LogP) is 2.18. The number of carbonyl (C=O) groups excluding carboxylic acids is 2. The van der Waals surface area contributed by atoms with Gasteiger partial charge in [0.2, 0.25) is 0 Å². The molecule has 0 fully saturated rings. The maximum atomic E-state index is 11.4. The summed E-state index contributed by atoms with van der Waals surface area (Å²) < 4.78 is 0. The number of aromatic nitrogens is 3. The Morgan fingerprint density at radius 3 is 2.15 bits per heavy atom. The number of carbonyl (C=O) groups is 2. The van der Waals surface area contributed by atoms with E-state index in [9.17, 15) is 9.59 Å². The first kappa shape index (κ1) is 14.3. The summed E-state index contributed by atoms with van der Waals surface area (Å²) in [5.41, 5.74) is 1.64. The average molecular weight is 287 g/mol. The number of rotatable bonds is 5. The fourth-order valence-corrected chi connectivity index (χ4v) is 2.44. The van der Waals surface area contributed by atoms with E-state index in [1.165, 1.54) is 13.8 Å². The molecule has 2 aromatic heterocycles. The fraction of sp³-hybridized carbons (Fsp3) is 0.214. The lowest BCUT2D eigenvalue weighted by Crippen LogP contribution is -2.22. The van der Waals surface area contributed by atoms with E-state index in [4.69, 9.17) is 0 Å². The summed E-state index contributed by atoms with van der Waals surface area (Å²) in [5.74, 6) is -0.356. The van der Waals surface area contributed by atoms with Gasteiger partial charge in [-0.05, 0) is 38.1 Å². The molecule has 0 spiro atoms. The van der Waals surface area contributed by atoms with Gasteiger partial charge < -0.3 is 0 Å². The first-order chi connectivity index (χ1) is 9.58. The number of thioether (sulfide) groups is 1. The van der Waals surface area contributed by atoms with Gasteiger partial charge in [-0.3, -0.25) is 14.6 Å². The van der Waals surface area contributed by atoms with Crippen molar-refractivity contribution in [2.75, 3.05) is 0 Å². The second-order valence-corrected chi connectivity index (χ2v) is 5.34. The first-order valence-corrected chi connectivity index (χ1v) is 6.87. The van der Waals surface area contributed by atoms with Crippen LogP contribution in [0.5, 0.6) is 0 Å². The molecular weight excluding hydrogens is 274 g/mol. The normalized spacial score (nSPS) is 10.6. The van der Waals surface area contributed by atoms with Gasteiger partial charge in [0, 0.05) is 18.0 Å². The summed E-state index contributed by atoms with van der Waals surface area (Å²) >= 11 is 1.12. The molecule has 2 rings (SSSR count). The molecule has 0 unspecified atom stereocenters. The second kappa shape index (κ2) is 6.38. The number of Topliss-reactive ketones (excluding diaryl/α,β-unsaturated/α-hetero) is 2. The van der Waals surface area contributed by atoms with Gasteiger partial charge in [0.15, 0.2) is 11.6 Å². The van der Waals surface area contributed by atoms with Crippen molar-refractivity contribution in [3.63, 3.8) is 0 Å². The van der Waals surface area contributed by atoms with Crippen molar-refractivity contribution in [2.24, 2.45) is 0 Å². The Balaban J connectivity index is 2.16. The monoisotopic (exact) mass is 287 g/mol. The minimum Gasteiger partial charge on any atom is -0.298 e. The number of hydrogen-bond acceptors (Lipinski definition) is 6. The van der Waals surface area contributed by atoms with E-state index in [0.29, 0.717) is 5.03 Å². The smallest absolute Gasteiger partial charge is 0.150 e. The van der Waals surface area contributed by atoms with Crippen molar-refractivity contribution in [3.8, 4) is 11.3 Å². The van der Waals surface area contributed by atoms with Gasteiger partial charge in [0.25, 0.3) is 0 Å². The highest BCUT2D eigenvalue weighted by molar-refractivity contribution is 8.01. The molecule has 2 aromatic rings. The molecule has 20 heavy (non-hydrogen) atoms. The van der Waals surface area contributed by atoms with E-state index >= 15 is 0 Å². The van der Waals surface area contributed by atoms with Crippen molar-refractivity contribution in [1.29, 1.82) is 0 Å². The summed E-state index contributed by atoms with van der Waals surface area (Å²) in [6.45, 7) is 2.80. The van der Waals surface area contributed by atoms with Crippen molar-refractivity contribution in [3.05, 3.63) is 36.7 Å². The largest absolute Gasteiger partial charge is 0.298 e. The van der Waals surface area contributed by atoms with E-state index in [0.717, 1.165) is 23.0 Å². The molecule has 0 bridgehead atoms. The van der Waals surface area contributed by atoms with Crippen LogP contribution in [0.15, 0.2) is 41.7 Å². The van der Waals surface area contributed by atoms with Crippen LogP contribution in [-0.2, 0) is 9.59 Å². The number of nitrogens with zero attached hydrogens (tertiary/aromatic N) is 3. The molecule has 0 saturated heterocycles. The SMILES string of the molecule is CC(=O)C(Sc1ccc(-c2ccncc2)nn1)C(C)=O. The van der Waals surface area contributed by atoms with Crippen LogP contribution in [0.3, 0.4) is 0 Å². The molecule has 2 heterocycles. The van der Waals surface area contributed by atoms with Crippen molar-refractivity contribution >= 4 is 23.3 Å². The molecule has 0 aliphatic heterocycles. The Bertz CT molecular complexity index is 600. The van der Waals surface area contributed by atoms with Crippen LogP contribution in [-0.4, -0.2) is 32.0 Å². The predicted molar refractivity (Wildman–Crippen MR) is 76.3 cm³/mol. The van der Waals surface area contributed by atoms with Crippen LogP contribution < -0.4 is 0 Å². The summed E-state index contributed by atoms with van der Waals surface area (Å²) in [6, 6.07) is 7.24. The Labute approximate surface area is 120 Å². The highest BCUT2D eigenvalue weighted by Gasteiger charge is 2.21. The van der Waals surface area contributed by atoms with Crippen LogP contribution in [0.1, 0.15) is 13.8 Å². The van der Waals surface area contributed by atoms with Crippen LogP contribution >= 0.6 is 11.8 Å². The third-order valence-electron chi connectivity index (χ3n) is 2.59. The molecule has 0 aromatic carbocycles. The number of pyridine rings is 1. The zero-order valence-electron chi connectivity index (χ0n) is 11.1. The minimum atomic E-state index is -0.712. The molecular formula is C14H13N3O2S. The number of ketones is 2. The van der Waals surface area contributed by atoms with E-state index in [2.05, 4.69) is 15.2 Å². The van der Waals surface area contributed by atoms with Crippen LogP contribution in [0.4, 0.5) is 0 Å². The first-order valence-electron chi connectivity index (χ1n) is 5.99. The Morgan fingerprint density at radius 2 is 1.65 bits per heavy atom. The van der Waals surface area contributed by atoms with Crippen LogP contribution in [0.2, 0.25) is 0 Å². The van der Waals surface area contributed by atoms with E-state index in [-0.39, 0.29) is 11.6 Å². The molecule has 0 amide bonds. The van der Waals surface area contributed by atoms with Crippen molar-refractivity contribution < 1.29 is 9.59 Å². The molecule has 102 valence electrons. The average Bonchev–Trinajstić information content (AvgIpc) is 2.45. The van der Waals surface area contributed by atoms with E-state index in [1.807, 2.05) is 18.2 Å². The van der Waals surface area contributed by atoms with Gasteiger partial charge in [-0.15, -0.1) is 10.2 Å². The minimum absolute atomic E-state index is 0.178. The molecule has 0 radical (unpaired) electrons. The molecule has 6 heteroatoms. The highest BCUT2D eigenvalue weighted by atomic mass is 32.2. The Hall–Kier alpha value is -2.08. The molecule has 0 aliphatic carbocycles. The molecule has 0 N–H and O–H groups in total. The Morgan fingerprint density at radius 1 is 1.00 bits per heavy atom. The summed E-state index contributed by atoms with van der Waals surface area (Å²) in [7, 11) is 0. The standard InChI is InChI=1S/C14H13N3O2S/c1-9(18)14(10(2)19)20-13-4-3-12(16-17-13)11-5-7-15-8-6-11/h3-8,14H,1-2H3. The van der Waals surface area contributed by atoms with Gasteiger partial charge in [0.1, 0.15) is 10.3 Å². The molecule has 5 nitrogen and oxygen atoms in total. The maximum absolute atomic E-state index is 11.4. The lowest BCUT2D eigenvalue weighted by Gasteiger charge is -2.08. The number of hydrogen-bond donors (Lipinski definition) is 0. The molecule has 0 aliphatic rings. The van der Waals surface area contributed by atoms with Gasteiger partial charge in [-0.25, -0.2) is 0 Å². The summed E-state index contributed by atoms with van der Waals surface area (Å²) in [6.07, 6.45) is 3.36. The summed E-state index contributed by atoms with van der Waals surface area (Å²) in [5, 5.41) is 7.99.